The van der Waals surface area contributed by atoms with Gasteiger partial charge in [-0.3, -0.25) is 0 Å². The molecule has 2 aromatic rings. The third-order valence-electron chi connectivity index (χ3n) is 1.52. The van der Waals surface area contributed by atoms with Crippen LogP contribution in [-0.2, 0) is 27.1 Å². The van der Waals surface area contributed by atoms with Crippen LogP contribution in [0.5, 0.6) is 0 Å². The van der Waals surface area contributed by atoms with Gasteiger partial charge in [-0.15, -0.1) is 0 Å². The van der Waals surface area contributed by atoms with Crippen LogP contribution in [0.15, 0.2) is 59.5 Å². The van der Waals surface area contributed by atoms with Crippen molar-refractivity contribution >= 4 is 10.0 Å². The van der Waals surface area contributed by atoms with Crippen LogP contribution in [0.2, 0.25) is 0 Å². The van der Waals surface area contributed by atoms with Gasteiger partial charge in [0.25, 0.3) is 0 Å². The number of hydrogen-bond acceptors (Lipinski definition) is 2. The zero-order chi connectivity index (χ0) is 10.4. The first-order valence-corrected chi connectivity index (χ1v) is 5.56. The van der Waals surface area contributed by atoms with Gasteiger partial charge in [0.15, 0.2) is 10.0 Å². The van der Waals surface area contributed by atoms with Gasteiger partial charge in [-0.2, -0.15) is 30.3 Å². The summed E-state index contributed by atoms with van der Waals surface area (Å²) in [5.74, 6) is 0. The molecule has 0 aliphatic carbocycles. The van der Waals surface area contributed by atoms with Gasteiger partial charge in [-0.25, -0.2) is 37.8 Å². The molecular weight excluding hydrogens is 254 g/mol. The minimum absolute atomic E-state index is 0. The molecule has 82 valence electrons. The quantitative estimate of drug-likeness (QED) is 0.626. The van der Waals surface area contributed by atoms with Gasteiger partial charge < -0.3 is 0 Å². The first-order chi connectivity index (χ1) is 6.61. The molecule has 0 heterocycles. The summed E-state index contributed by atoms with van der Waals surface area (Å²) in [6.45, 7) is 0. The van der Waals surface area contributed by atoms with Crippen molar-refractivity contribution in [2.75, 3.05) is 0 Å². The first-order valence-electron chi connectivity index (χ1n) is 4.02. The van der Waals surface area contributed by atoms with Crippen LogP contribution in [0.25, 0.3) is 0 Å². The van der Waals surface area contributed by atoms with Crippen molar-refractivity contribution in [3.63, 3.8) is 0 Å². The maximum absolute atomic E-state index is 10.5. The molecule has 2 aromatic carbocycles. The Hall–Kier alpha value is -0.871. The Morgan fingerprint density at radius 1 is 1.00 bits per heavy atom. The van der Waals surface area contributed by atoms with Gasteiger partial charge in [0, 0.05) is 0 Å². The number of nitrogens with two attached hydrogens (primary N) is 1. The van der Waals surface area contributed by atoms with E-state index in [1.54, 1.807) is 12.1 Å². The molecule has 2 N–H and O–H groups in total. The van der Waals surface area contributed by atoms with Gasteiger partial charge in [0.1, 0.15) is 0 Å². The van der Waals surface area contributed by atoms with Crippen LogP contribution in [0.1, 0.15) is 0 Å². The maximum atomic E-state index is 10.5. The van der Waals surface area contributed by atoms with E-state index in [1.807, 2.05) is 30.3 Å². The van der Waals surface area contributed by atoms with E-state index in [1.165, 1.54) is 12.1 Å². The molecule has 0 bridgehead atoms. The summed E-state index contributed by atoms with van der Waals surface area (Å²) in [7, 11) is -3.46. The molecule has 0 unspecified atom stereocenters. The summed E-state index contributed by atoms with van der Waals surface area (Å²) >= 11 is 0. The normalized spacial score (nSPS) is 9.67. The molecule has 15 heavy (non-hydrogen) atoms. The second-order valence-corrected chi connectivity index (χ2v) is 4.19. The summed E-state index contributed by atoms with van der Waals surface area (Å²) in [6.07, 6.45) is 0. The van der Waals surface area contributed by atoms with Crippen molar-refractivity contribution in [1.29, 1.82) is 0 Å². The number of primary sulfonamides is 1. The van der Waals surface area contributed by atoms with Crippen LogP contribution in [0, 0.1) is 0 Å². The van der Waals surface area contributed by atoms with Gasteiger partial charge in [0.2, 0.25) is 0 Å². The van der Waals surface area contributed by atoms with Crippen molar-refractivity contribution < 1.29 is 25.5 Å². The largest absolute Gasteiger partial charge is 2.00 e. The molecule has 0 amide bonds. The van der Waals surface area contributed by atoms with Gasteiger partial charge in [0.05, 0.1) is 0 Å². The monoisotopic (exact) mass is 265 g/mol. The Bertz CT molecular complexity index is 415. The molecule has 0 atom stereocenters. The van der Waals surface area contributed by atoms with E-state index < -0.39 is 10.0 Å². The summed E-state index contributed by atoms with van der Waals surface area (Å²) in [6, 6.07) is 16.2. The van der Waals surface area contributed by atoms with E-state index in [4.69, 9.17) is 5.14 Å². The Labute approximate surface area is 100 Å². The average Bonchev–Trinajstić information content (AvgIpc) is 2.80. The van der Waals surface area contributed by atoms with Crippen molar-refractivity contribution in [3.05, 3.63) is 54.6 Å². The van der Waals surface area contributed by atoms with Crippen LogP contribution in [0.3, 0.4) is 0 Å². The summed E-state index contributed by atoms with van der Waals surface area (Å²) < 4.78 is 20.9. The number of sulfonamides is 1. The molecule has 2 rings (SSSR count). The zero-order valence-electron chi connectivity index (χ0n) is 7.85. The minimum atomic E-state index is -3.46. The van der Waals surface area contributed by atoms with Crippen molar-refractivity contribution in [2.24, 2.45) is 5.14 Å². The summed E-state index contributed by atoms with van der Waals surface area (Å²) in [5, 5.41) is 4.77. The number of hydrogen-bond donors (Lipinski definition) is 1. The molecule has 0 spiro atoms. The van der Waals surface area contributed by atoms with E-state index in [2.05, 4.69) is 0 Å². The molecular formula is C10H11FeNO2S. The van der Waals surface area contributed by atoms with E-state index in [0.29, 0.717) is 0 Å². The molecule has 0 saturated heterocycles. The Balaban J connectivity index is 0.000000280. The molecule has 0 aromatic heterocycles. The Kier molecular flexibility index (Phi) is 6.20. The van der Waals surface area contributed by atoms with Crippen molar-refractivity contribution in [3.8, 4) is 0 Å². The Morgan fingerprint density at radius 3 is 1.67 bits per heavy atom. The fourth-order valence-electron chi connectivity index (χ4n) is 0.867. The van der Waals surface area contributed by atoms with E-state index >= 15 is 0 Å². The van der Waals surface area contributed by atoms with E-state index in [-0.39, 0.29) is 22.0 Å². The van der Waals surface area contributed by atoms with Gasteiger partial charge >= 0.3 is 17.1 Å². The van der Waals surface area contributed by atoms with E-state index in [9.17, 15) is 8.42 Å². The smallest absolute Gasteiger partial charge is 0.235 e. The molecule has 5 heteroatoms. The van der Waals surface area contributed by atoms with Crippen LogP contribution >= 0.6 is 0 Å². The topological polar surface area (TPSA) is 60.2 Å². The third kappa shape index (κ3) is 5.54. The third-order valence-corrected chi connectivity index (χ3v) is 2.45. The molecule has 3 nitrogen and oxygen atoms in total. The second-order valence-electron chi connectivity index (χ2n) is 2.63. The maximum Gasteiger partial charge on any atom is 2.00 e. The van der Waals surface area contributed by atoms with Crippen LogP contribution in [0.4, 0.5) is 0 Å². The summed E-state index contributed by atoms with van der Waals surface area (Å²) in [5.41, 5.74) is 0. The van der Waals surface area contributed by atoms with Crippen molar-refractivity contribution in [1.82, 2.24) is 0 Å². The molecule has 0 saturated carbocycles. The van der Waals surface area contributed by atoms with Crippen LogP contribution < -0.4 is 5.14 Å². The average molecular weight is 265 g/mol. The molecule has 0 aliphatic rings. The van der Waals surface area contributed by atoms with Gasteiger partial charge in [-0.05, 0) is 4.90 Å². The fraction of sp³-hybridized carbons (Fsp3) is 0. The number of rotatable bonds is 1. The van der Waals surface area contributed by atoms with Crippen LogP contribution in [-0.4, -0.2) is 8.42 Å². The van der Waals surface area contributed by atoms with Crippen molar-refractivity contribution in [2.45, 2.75) is 4.90 Å². The molecule has 0 aliphatic heterocycles. The minimum Gasteiger partial charge on any atom is -0.235 e. The summed E-state index contributed by atoms with van der Waals surface area (Å²) in [4.78, 5) is 0.169. The SMILES string of the molecule is NS(=O)(=O)[c-]1cccc1.[Fe+2].c1cc[cH-]c1. The van der Waals surface area contributed by atoms with Gasteiger partial charge in [-0.1, -0.05) is 0 Å². The molecule has 0 radical (unpaired) electrons. The zero-order valence-corrected chi connectivity index (χ0v) is 9.77. The Morgan fingerprint density at radius 2 is 1.47 bits per heavy atom. The fourth-order valence-corrected chi connectivity index (χ4v) is 1.40. The predicted molar refractivity (Wildman–Crippen MR) is 55.4 cm³/mol. The first kappa shape index (κ1) is 14.1. The second kappa shape index (κ2) is 6.58. The predicted octanol–water partition coefficient (Wildman–Crippen LogP) is 1.46. The standard InChI is InChI=1S/C5H6NO2S.C5H5.Fe/c6-9(7,8)5-3-1-2-4-5;1-2-4-5-3-1;/h1-4H,(H2,6,7,8);1-5H;/q2*-1;+2. The molecule has 0 fully saturated rings. The van der Waals surface area contributed by atoms with E-state index in [0.717, 1.165) is 0 Å².